The molecule has 1 saturated heterocycles. The van der Waals surface area contributed by atoms with Gasteiger partial charge in [-0.3, -0.25) is 10.1 Å². The van der Waals surface area contributed by atoms with Crippen molar-refractivity contribution in [3.05, 3.63) is 32.8 Å². The summed E-state index contributed by atoms with van der Waals surface area (Å²) in [6.45, 7) is 2.43. The Kier molecular flexibility index (Phi) is 5.15. The van der Waals surface area contributed by atoms with Crippen LogP contribution in [0.4, 0.5) is 11.4 Å². The van der Waals surface area contributed by atoms with E-state index in [1.54, 1.807) is 6.07 Å². The highest BCUT2D eigenvalue weighted by Crippen LogP contribution is 2.28. The van der Waals surface area contributed by atoms with E-state index >= 15 is 0 Å². The Morgan fingerprint density at radius 2 is 2.16 bits per heavy atom. The molecule has 0 amide bonds. The third-order valence-electron chi connectivity index (χ3n) is 3.37. The molecule has 1 aromatic carbocycles. The summed E-state index contributed by atoms with van der Waals surface area (Å²) in [6.07, 6.45) is 3.20. The molecule has 104 valence electrons. The van der Waals surface area contributed by atoms with Gasteiger partial charge in [-0.25, -0.2) is 0 Å². The van der Waals surface area contributed by atoms with E-state index in [0.717, 1.165) is 39.0 Å². The summed E-state index contributed by atoms with van der Waals surface area (Å²) < 4.78 is 6.03. The number of benzene rings is 1. The van der Waals surface area contributed by atoms with Crippen molar-refractivity contribution in [1.29, 1.82) is 0 Å². The van der Waals surface area contributed by atoms with Crippen molar-refractivity contribution in [2.75, 3.05) is 25.1 Å². The van der Waals surface area contributed by atoms with E-state index in [1.807, 2.05) is 6.07 Å². The molecule has 5 nitrogen and oxygen atoms in total. The molecule has 6 heteroatoms. The number of nitrogens with zero attached hydrogens (tertiary/aromatic N) is 1. The molecule has 0 spiro atoms. The van der Waals surface area contributed by atoms with Crippen LogP contribution < -0.4 is 5.32 Å². The van der Waals surface area contributed by atoms with Gasteiger partial charge in [0.2, 0.25) is 0 Å². The normalized spacial score (nSPS) is 16.3. The van der Waals surface area contributed by atoms with Crippen LogP contribution in [0.1, 0.15) is 19.3 Å². The summed E-state index contributed by atoms with van der Waals surface area (Å²) in [4.78, 5) is 10.6. The standard InChI is InChI=1S/C13H17BrN2O3/c14-11-1-2-12(13(9-11)16(17)18)15-6-3-10-4-7-19-8-5-10/h1-2,9-10,15H,3-8H2. The summed E-state index contributed by atoms with van der Waals surface area (Å²) in [6, 6.07) is 5.08. The molecular formula is C13H17BrN2O3. The minimum atomic E-state index is -0.360. The maximum atomic E-state index is 11.0. The maximum Gasteiger partial charge on any atom is 0.293 e. The maximum absolute atomic E-state index is 11.0. The number of nitro groups is 1. The quantitative estimate of drug-likeness (QED) is 0.662. The van der Waals surface area contributed by atoms with Gasteiger partial charge in [0.25, 0.3) is 5.69 Å². The fourth-order valence-electron chi connectivity index (χ4n) is 2.25. The first-order chi connectivity index (χ1) is 9.16. The highest BCUT2D eigenvalue weighted by atomic mass is 79.9. The van der Waals surface area contributed by atoms with E-state index < -0.39 is 0 Å². The Morgan fingerprint density at radius 3 is 2.84 bits per heavy atom. The highest BCUT2D eigenvalue weighted by molar-refractivity contribution is 9.10. The molecule has 0 aliphatic carbocycles. The van der Waals surface area contributed by atoms with Crippen LogP contribution in [-0.4, -0.2) is 24.7 Å². The predicted molar refractivity (Wildman–Crippen MR) is 77.4 cm³/mol. The second-order valence-electron chi connectivity index (χ2n) is 4.69. The number of nitro benzene ring substituents is 1. The van der Waals surface area contributed by atoms with Crippen molar-refractivity contribution in [1.82, 2.24) is 0 Å². The predicted octanol–water partition coefficient (Wildman–Crippen LogP) is 3.59. The van der Waals surface area contributed by atoms with E-state index in [0.29, 0.717) is 16.1 Å². The first kappa shape index (κ1) is 14.3. The van der Waals surface area contributed by atoms with Gasteiger partial charge in [0.1, 0.15) is 5.69 Å². The van der Waals surface area contributed by atoms with Crippen LogP contribution in [0.25, 0.3) is 0 Å². The Morgan fingerprint density at radius 1 is 1.42 bits per heavy atom. The molecule has 1 aromatic rings. The highest BCUT2D eigenvalue weighted by Gasteiger charge is 2.16. The Labute approximate surface area is 120 Å². The summed E-state index contributed by atoms with van der Waals surface area (Å²) in [5.41, 5.74) is 0.696. The lowest BCUT2D eigenvalue weighted by Gasteiger charge is -2.22. The molecule has 0 aromatic heterocycles. The second kappa shape index (κ2) is 6.86. The first-order valence-electron chi connectivity index (χ1n) is 6.42. The third-order valence-corrected chi connectivity index (χ3v) is 3.86. The Hall–Kier alpha value is -1.14. The van der Waals surface area contributed by atoms with Crippen LogP contribution in [0.2, 0.25) is 0 Å². The molecule has 0 radical (unpaired) electrons. The smallest absolute Gasteiger partial charge is 0.293 e. The molecule has 0 bridgehead atoms. The molecule has 1 fully saturated rings. The van der Waals surface area contributed by atoms with Crippen LogP contribution in [0.15, 0.2) is 22.7 Å². The van der Waals surface area contributed by atoms with E-state index in [9.17, 15) is 10.1 Å². The fourth-order valence-corrected chi connectivity index (χ4v) is 2.60. The van der Waals surface area contributed by atoms with Crippen LogP contribution >= 0.6 is 15.9 Å². The molecule has 2 rings (SSSR count). The number of anilines is 1. The lowest BCUT2D eigenvalue weighted by molar-refractivity contribution is -0.384. The average molecular weight is 329 g/mol. The molecule has 1 N–H and O–H groups in total. The third kappa shape index (κ3) is 4.18. The molecule has 0 unspecified atom stereocenters. The van der Waals surface area contributed by atoms with Crippen molar-refractivity contribution in [2.45, 2.75) is 19.3 Å². The van der Waals surface area contributed by atoms with Gasteiger partial charge in [-0.1, -0.05) is 15.9 Å². The zero-order valence-electron chi connectivity index (χ0n) is 10.6. The van der Waals surface area contributed by atoms with Crippen LogP contribution in [-0.2, 0) is 4.74 Å². The van der Waals surface area contributed by atoms with Gasteiger partial charge in [0.05, 0.1) is 4.92 Å². The molecular weight excluding hydrogens is 312 g/mol. The van der Waals surface area contributed by atoms with Gasteiger partial charge >= 0.3 is 0 Å². The topological polar surface area (TPSA) is 64.4 Å². The van der Waals surface area contributed by atoms with Gasteiger partial charge in [-0.2, -0.15) is 0 Å². The summed E-state index contributed by atoms with van der Waals surface area (Å²) in [5, 5.41) is 14.1. The number of rotatable bonds is 5. The summed E-state index contributed by atoms with van der Waals surface area (Å²) in [7, 11) is 0. The molecule has 1 aliphatic rings. The Balaban J connectivity index is 1.89. The van der Waals surface area contributed by atoms with Crippen LogP contribution in [0.3, 0.4) is 0 Å². The van der Waals surface area contributed by atoms with Crippen molar-refractivity contribution in [3.63, 3.8) is 0 Å². The van der Waals surface area contributed by atoms with Gasteiger partial charge in [-0.05, 0) is 37.3 Å². The van der Waals surface area contributed by atoms with E-state index in [2.05, 4.69) is 21.2 Å². The van der Waals surface area contributed by atoms with Gasteiger partial charge in [0, 0.05) is 30.3 Å². The lowest BCUT2D eigenvalue weighted by atomic mass is 9.97. The van der Waals surface area contributed by atoms with Gasteiger partial charge in [0.15, 0.2) is 0 Å². The molecule has 19 heavy (non-hydrogen) atoms. The van der Waals surface area contributed by atoms with Crippen molar-refractivity contribution >= 4 is 27.3 Å². The van der Waals surface area contributed by atoms with E-state index in [4.69, 9.17) is 4.74 Å². The zero-order valence-corrected chi connectivity index (χ0v) is 12.2. The molecule has 1 heterocycles. The number of ether oxygens (including phenoxy) is 1. The number of hydrogen-bond acceptors (Lipinski definition) is 4. The number of hydrogen-bond donors (Lipinski definition) is 1. The lowest BCUT2D eigenvalue weighted by Crippen LogP contribution is -2.18. The minimum Gasteiger partial charge on any atom is -0.381 e. The second-order valence-corrected chi connectivity index (χ2v) is 5.61. The number of nitrogens with one attached hydrogen (secondary N) is 1. The first-order valence-corrected chi connectivity index (χ1v) is 7.21. The summed E-state index contributed by atoms with van der Waals surface area (Å²) in [5.74, 6) is 0.663. The monoisotopic (exact) mass is 328 g/mol. The van der Waals surface area contributed by atoms with Crippen molar-refractivity contribution in [3.8, 4) is 0 Å². The van der Waals surface area contributed by atoms with Crippen LogP contribution in [0.5, 0.6) is 0 Å². The van der Waals surface area contributed by atoms with Crippen LogP contribution in [0, 0.1) is 16.0 Å². The van der Waals surface area contributed by atoms with E-state index in [-0.39, 0.29) is 10.6 Å². The molecule has 0 atom stereocenters. The fraction of sp³-hybridized carbons (Fsp3) is 0.538. The molecule has 0 saturated carbocycles. The molecule has 1 aliphatic heterocycles. The minimum absolute atomic E-state index is 0.112. The average Bonchev–Trinajstić information content (AvgIpc) is 2.41. The van der Waals surface area contributed by atoms with E-state index in [1.165, 1.54) is 6.07 Å². The number of halogens is 1. The van der Waals surface area contributed by atoms with Gasteiger partial charge in [-0.15, -0.1) is 0 Å². The van der Waals surface area contributed by atoms with Crippen molar-refractivity contribution in [2.24, 2.45) is 5.92 Å². The Bertz CT molecular complexity index is 448. The summed E-state index contributed by atoms with van der Waals surface area (Å²) >= 11 is 3.25. The zero-order chi connectivity index (χ0) is 13.7. The van der Waals surface area contributed by atoms with Gasteiger partial charge < -0.3 is 10.1 Å². The van der Waals surface area contributed by atoms with Crippen molar-refractivity contribution < 1.29 is 9.66 Å². The SMILES string of the molecule is O=[N+]([O-])c1cc(Br)ccc1NCCC1CCOCC1. The largest absolute Gasteiger partial charge is 0.381 e.